The summed E-state index contributed by atoms with van der Waals surface area (Å²) >= 11 is 1.30. The number of carboxylic acid groups (broad SMARTS) is 1. The molecule has 2 heterocycles. The van der Waals surface area contributed by atoms with Crippen LogP contribution in [-0.2, 0) is 7.05 Å². The first-order chi connectivity index (χ1) is 6.66. The second-order valence-corrected chi connectivity index (χ2v) is 3.60. The summed E-state index contributed by atoms with van der Waals surface area (Å²) in [6, 6.07) is 0. The Labute approximate surface area is 83.6 Å². The third-order valence-corrected chi connectivity index (χ3v) is 2.57. The maximum Gasteiger partial charge on any atom is 0.355 e. The van der Waals surface area contributed by atoms with Gasteiger partial charge in [-0.1, -0.05) is 0 Å². The highest BCUT2D eigenvalue weighted by atomic mass is 32.1. The van der Waals surface area contributed by atoms with Crippen molar-refractivity contribution in [1.82, 2.24) is 14.8 Å². The zero-order valence-electron chi connectivity index (χ0n) is 7.34. The molecule has 6 heteroatoms. The van der Waals surface area contributed by atoms with E-state index in [2.05, 4.69) is 10.1 Å². The molecule has 14 heavy (non-hydrogen) atoms. The van der Waals surface area contributed by atoms with Crippen molar-refractivity contribution in [3.8, 4) is 10.6 Å². The average Bonchev–Trinajstić information content (AvgIpc) is 2.70. The maximum atomic E-state index is 10.6. The number of carboxylic acids is 1. The molecule has 0 aromatic carbocycles. The van der Waals surface area contributed by atoms with Gasteiger partial charge in [0.05, 0.1) is 6.20 Å². The summed E-state index contributed by atoms with van der Waals surface area (Å²) in [5, 5.41) is 14.9. The lowest BCUT2D eigenvalue weighted by Gasteiger charge is -1.86. The fourth-order valence-electron chi connectivity index (χ4n) is 1.04. The minimum Gasteiger partial charge on any atom is -0.476 e. The highest BCUT2D eigenvalue weighted by Gasteiger charge is 2.10. The van der Waals surface area contributed by atoms with Gasteiger partial charge in [0, 0.05) is 24.2 Å². The molecule has 0 amide bonds. The second kappa shape index (κ2) is 3.22. The molecule has 0 atom stereocenters. The zero-order chi connectivity index (χ0) is 10.1. The van der Waals surface area contributed by atoms with Gasteiger partial charge >= 0.3 is 5.97 Å². The van der Waals surface area contributed by atoms with Crippen LogP contribution < -0.4 is 0 Å². The Morgan fingerprint density at radius 2 is 2.43 bits per heavy atom. The van der Waals surface area contributed by atoms with Gasteiger partial charge in [-0.15, -0.1) is 11.3 Å². The summed E-state index contributed by atoms with van der Waals surface area (Å²) in [7, 11) is 1.80. The van der Waals surface area contributed by atoms with E-state index in [4.69, 9.17) is 5.11 Å². The quantitative estimate of drug-likeness (QED) is 0.808. The molecule has 5 nitrogen and oxygen atoms in total. The molecule has 0 spiro atoms. The van der Waals surface area contributed by atoms with E-state index in [0.29, 0.717) is 5.01 Å². The highest BCUT2D eigenvalue weighted by Crippen LogP contribution is 2.22. The normalized spacial score (nSPS) is 10.4. The predicted octanol–water partition coefficient (Wildman–Crippen LogP) is 1.24. The van der Waals surface area contributed by atoms with E-state index in [9.17, 15) is 4.79 Å². The van der Waals surface area contributed by atoms with Crippen molar-refractivity contribution in [3.05, 3.63) is 23.5 Å². The van der Waals surface area contributed by atoms with Crippen LogP contribution in [0.4, 0.5) is 0 Å². The van der Waals surface area contributed by atoms with E-state index < -0.39 is 5.97 Å². The van der Waals surface area contributed by atoms with Gasteiger partial charge in [-0.25, -0.2) is 9.78 Å². The van der Waals surface area contributed by atoms with Gasteiger partial charge < -0.3 is 5.11 Å². The Morgan fingerprint density at radius 3 is 2.93 bits per heavy atom. The smallest absolute Gasteiger partial charge is 0.355 e. The van der Waals surface area contributed by atoms with Gasteiger partial charge in [0.1, 0.15) is 5.01 Å². The largest absolute Gasteiger partial charge is 0.476 e. The molecule has 0 bridgehead atoms. The number of nitrogens with zero attached hydrogens (tertiary/aromatic N) is 3. The predicted molar refractivity (Wildman–Crippen MR) is 51.3 cm³/mol. The van der Waals surface area contributed by atoms with Crippen LogP contribution in [0.15, 0.2) is 17.8 Å². The van der Waals surface area contributed by atoms with Crippen molar-refractivity contribution in [2.75, 3.05) is 0 Å². The van der Waals surface area contributed by atoms with E-state index in [1.165, 1.54) is 16.7 Å². The monoisotopic (exact) mass is 209 g/mol. The lowest BCUT2D eigenvalue weighted by atomic mass is 10.4. The number of aryl methyl sites for hydroxylation is 1. The van der Waals surface area contributed by atoms with Crippen LogP contribution in [0.5, 0.6) is 0 Å². The first kappa shape index (κ1) is 8.89. The SMILES string of the molecule is Cn1cc(-c2nc(C(=O)O)cs2)cn1. The molecule has 2 rings (SSSR count). The van der Waals surface area contributed by atoms with Crippen molar-refractivity contribution in [2.45, 2.75) is 0 Å². The molecule has 72 valence electrons. The Morgan fingerprint density at radius 1 is 1.64 bits per heavy atom. The van der Waals surface area contributed by atoms with Crippen LogP contribution in [0.3, 0.4) is 0 Å². The summed E-state index contributed by atoms with van der Waals surface area (Å²) in [5.41, 5.74) is 0.916. The molecule has 0 aliphatic rings. The van der Waals surface area contributed by atoms with Gasteiger partial charge in [-0.3, -0.25) is 4.68 Å². The lowest BCUT2D eigenvalue weighted by Crippen LogP contribution is -1.95. The third kappa shape index (κ3) is 1.51. The van der Waals surface area contributed by atoms with Crippen molar-refractivity contribution < 1.29 is 9.90 Å². The molecule has 2 aromatic rings. The third-order valence-electron chi connectivity index (χ3n) is 1.68. The number of carbonyl (C=O) groups is 1. The number of aromatic carboxylic acids is 1. The summed E-state index contributed by atoms with van der Waals surface area (Å²) in [6.07, 6.45) is 3.45. The van der Waals surface area contributed by atoms with Gasteiger partial charge in [0.25, 0.3) is 0 Å². The number of rotatable bonds is 2. The highest BCUT2D eigenvalue weighted by molar-refractivity contribution is 7.13. The molecular weight excluding hydrogens is 202 g/mol. The standard InChI is InChI=1S/C8H7N3O2S/c1-11-3-5(2-9-11)7-10-6(4-14-7)8(12)13/h2-4H,1H3,(H,12,13). The molecule has 0 aliphatic heterocycles. The van der Waals surface area contributed by atoms with Gasteiger partial charge in [-0.2, -0.15) is 5.10 Å². The first-order valence-electron chi connectivity index (χ1n) is 3.84. The Balaban J connectivity index is 2.38. The van der Waals surface area contributed by atoms with E-state index in [-0.39, 0.29) is 5.69 Å². The molecule has 0 radical (unpaired) electrons. The molecule has 0 unspecified atom stereocenters. The first-order valence-corrected chi connectivity index (χ1v) is 4.72. The van der Waals surface area contributed by atoms with Gasteiger partial charge in [-0.05, 0) is 0 Å². The summed E-state index contributed by atoms with van der Waals surface area (Å²) in [6.45, 7) is 0. The Kier molecular flexibility index (Phi) is 2.05. The number of hydrogen-bond donors (Lipinski definition) is 1. The minimum absolute atomic E-state index is 0.0776. The lowest BCUT2D eigenvalue weighted by molar-refractivity contribution is 0.0691. The number of thiazole rings is 1. The molecule has 2 aromatic heterocycles. The van der Waals surface area contributed by atoms with E-state index in [0.717, 1.165) is 5.56 Å². The molecule has 0 saturated heterocycles. The van der Waals surface area contributed by atoms with Crippen molar-refractivity contribution >= 4 is 17.3 Å². The molecule has 0 aliphatic carbocycles. The molecule has 1 N–H and O–H groups in total. The molecule has 0 fully saturated rings. The topological polar surface area (TPSA) is 68.0 Å². The summed E-state index contributed by atoms with van der Waals surface area (Å²) in [4.78, 5) is 14.5. The van der Waals surface area contributed by atoms with E-state index >= 15 is 0 Å². The van der Waals surface area contributed by atoms with Crippen LogP contribution in [0.1, 0.15) is 10.5 Å². The number of hydrogen-bond acceptors (Lipinski definition) is 4. The fraction of sp³-hybridized carbons (Fsp3) is 0.125. The maximum absolute atomic E-state index is 10.6. The van der Waals surface area contributed by atoms with Gasteiger partial charge in [0.15, 0.2) is 5.69 Å². The Hall–Kier alpha value is -1.69. The van der Waals surface area contributed by atoms with Crippen LogP contribution in [0.2, 0.25) is 0 Å². The summed E-state index contributed by atoms with van der Waals surface area (Å²) in [5.74, 6) is -1.00. The summed E-state index contributed by atoms with van der Waals surface area (Å²) < 4.78 is 1.65. The Bertz CT molecular complexity index is 474. The van der Waals surface area contributed by atoms with E-state index in [1.807, 2.05) is 0 Å². The van der Waals surface area contributed by atoms with Crippen molar-refractivity contribution in [1.29, 1.82) is 0 Å². The molecule has 0 saturated carbocycles. The average molecular weight is 209 g/mol. The van der Waals surface area contributed by atoms with Crippen LogP contribution in [0, 0.1) is 0 Å². The van der Waals surface area contributed by atoms with Crippen LogP contribution in [0.25, 0.3) is 10.6 Å². The van der Waals surface area contributed by atoms with E-state index in [1.54, 1.807) is 24.1 Å². The van der Waals surface area contributed by atoms with Crippen LogP contribution >= 0.6 is 11.3 Å². The van der Waals surface area contributed by atoms with Gasteiger partial charge in [0.2, 0.25) is 0 Å². The van der Waals surface area contributed by atoms with Crippen molar-refractivity contribution in [2.24, 2.45) is 7.05 Å². The minimum atomic E-state index is -1.00. The molecular formula is C8H7N3O2S. The zero-order valence-corrected chi connectivity index (χ0v) is 8.15. The van der Waals surface area contributed by atoms with Crippen molar-refractivity contribution in [3.63, 3.8) is 0 Å². The number of aromatic nitrogens is 3. The second-order valence-electron chi connectivity index (χ2n) is 2.75. The fourth-order valence-corrected chi connectivity index (χ4v) is 1.81. The van der Waals surface area contributed by atoms with Crippen LogP contribution in [-0.4, -0.2) is 25.8 Å².